The number of carbonyl (C=O) groups excluding carboxylic acids is 1. The smallest absolute Gasteiger partial charge is 0.325 e. The van der Waals surface area contributed by atoms with E-state index in [0.29, 0.717) is 4.47 Å². The molecule has 10 heteroatoms. The third-order valence-electron chi connectivity index (χ3n) is 3.04. The highest BCUT2D eigenvalue weighted by Gasteiger charge is 2.30. The number of rotatable bonds is 5. The Labute approximate surface area is 150 Å². The van der Waals surface area contributed by atoms with Gasteiger partial charge in [-0.15, -0.1) is 0 Å². The molecule has 5 nitrogen and oxygen atoms in total. The lowest BCUT2D eigenvalue weighted by molar-refractivity contribution is -0.137. The zero-order chi connectivity index (χ0) is 18.7. The van der Waals surface area contributed by atoms with Gasteiger partial charge in [-0.25, -0.2) is 13.1 Å². The Balaban J connectivity index is 1.95. The van der Waals surface area contributed by atoms with Gasteiger partial charge in [-0.2, -0.15) is 13.2 Å². The number of hydrogen-bond acceptors (Lipinski definition) is 3. The van der Waals surface area contributed by atoms with Crippen molar-refractivity contribution < 1.29 is 26.4 Å². The minimum atomic E-state index is -4.47. The summed E-state index contributed by atoms with van der Waals surface area (Å²) in [6, 6.07) is 9.62. The Hall–Kier alpha value is -1.91. The molecule has 0 aromatic heterocycles. The Morgan fingerprint density at radius 1 is 1.00 bits per heavy atom. The molecular formula is C15H12BrF3N2O3S. The van der Waals surface area contributed by atoms with Crippen molar-refractivity contribution in [2.75, 3.05) is 11.9 Å². The number of amides is 1. The van der Waals surface area contributed by atoms with Crippen LogP contribution in [0.25, 0.3) is 0 Å². The fourth-order valence-electron chi connectivity index (χ4n) is 1.81. The van der Waals surface area contributed by atoms with Crippen molar-refractivity contribution in [2.45, 2.75) is 11.1 Å². The average Bonchev–Trinajstić information content (AvgIpc) is 2.53. The molecule has 0 unspecified atom stereocenters. The van der Waals surface area contributed by atoms with E-state index in [1.54, 1.807) is 0 Å². The van der Waals surface area contributed by atoms with Crippen molar-refractivity contribution in [3.63, 3.8) is 0 Å². The molecule has 0 bridgehead atoms. The summed E-state index contributed by atoms with van der Waals surface area (Å²) in [5.41, 5.74) is -0.720. The zero-order valence-electron chi connectivity index (χ0n) is 12.5. The molecule has 0 spiro atoms. The third-order valence-corrected chi connectivity index (χ3v) is 4.99. The van der Waals surface area contributed by atoms with E-state index in [0.717, 1.165) is 24.3 Å². The number of sulfonamides is 1. The maximum absolute atomic E-state index is 12.5. The van der Waals surface area contributed by atoms with E-state index >= 15 is 0 Å². The molecule has 2 rings (SSSR count). The van der Waals surface area contributed by atoms with E-state index in [9.17, 15) is 26.4 Å². The highest BCUT2D eigenvalue weighted by molar-refractivity contribution is 9.10. The van der Waals surface area contributed by atoms with Crippen LogP contribution in [0.15, 0.2) is 57.9 Å². The summed E-state index contributed by atoms with van der Waals surface area (Å²) in [6.07, 6.45) is -4.47. The van der Waals surface area contributed by atoms with Gasteiger partial charge in [0.25, 0.3) is 0 Å². The van der Waals surface area contributed by atoms with Crippen LogP contribution in [-0.2, 0) is 21.0 Å². The first-order valence-corrected chi connectivity index (χ1v) is 9.08. The van der Waals surface area contributed by atoms with Gasteiger partial charge in [0.1, 0.15) is 0 Å². The molecule has 0 saturated carbocycles. The minimum Gasteiger partial charge on any atom is -0.325 e. The maximum atomic E-state index is 12.5. The number of halogens is 4. The summed E-state index contributed by atoms with van der Waals surface area (Å²) in [7, 11) is -3.87. The van der Waals surface area contributed by atoms with Crippen molar-refractivity contribution in [1.82, 2.24) is 4.72 Å². The summed E-state index contributed by atoms with van der Waals surface area (Å²) >= 11 is 3.18. The van der Waals surface area contributed by atoms with Gasteiger partial charge in [-0.05, 0) is 48.5 Å². The van der Waals surface area contributed by atoms with Gasteiger partial charge in [0.05, 0.1) is 17.0 Å². The number of nitrogens with one attached hydrogen (secondary N) is 2. The van der Waals surface area contributed by atoms with Gasteiger partial charge in [-0.1, -0.05) is 15.9 Å². The van der Waals surface area contributed by atoms with Gasteiger partial charge in [0.15, 0.2) is 0 Å². The van der Waals surface area contributed by atoms with E-state index in [4.69, 9.17) is 0 Å². The van der Waals surface area contributed by atoms with Crippen LogP contribution in [0, 0.1) is 0 Å². The fraction of sp³-hybridized carbons (Fsp3) is 0.133. The van der Waals surface area contributed by atoms with Crippen molar-refractivity contribution >= 4 is 37.5 Å². The van der Waals surface area contributed by atoms with Crippen molar-refractivity contribution in [2.24, 2.45) is 0 Å². The monoisotopic (exact) mass is 436 g/mol. The first kappa shape index (κ1) is 19.4. The summed E-state index contributed by atoms with van der Waals surface area (Å²) in [5, 5.41) is 2.31. The number of anilines is 1. The Bertz CT molecular complexity index is 851. The Morgan fingerprint density at radius 2 is 1.56 bits per heavy atom. The maximum Gasteiger partial charge on any atom is 0.416 e. The normalized spacial score (nSPS) is 12.0. The van der Waals surface area contributed by atoms with Crippen molar-refractivity contribution in [3.8, 4) is 0 Å². The predicted molar refractivity (Wildman–Crippen MR) is 89.4 cm³/mol. The number of carbonyl (C=O) groups is 1. The lowest BCUT2D eigenvalue weighted by atomic mass is 10.2. The lowest BCUT2D eigenvalue weighted by Crippen LogP contribution is -2.32. The molecule has 0 aliphatic rings. The van der Waals surface area contributed by atoms with Crippen LogP contribution in [0.1, 0.15) is 5.56 Å². The predicted octanol–water partition coefficient (Wildman–Crippen LogP) is 3.38. The highest BCUT2D eigenvalue weighted by atomic mass is 79.9. The molecule has 0 radical (unpaired) electrons. The van der Waals surface area contributed by atoms with E-state index < -0.39 is 34.2 Å². The first-order chi connectivity index (χ1) is 11.6. The number of benzene rings is 2. The highest BCUT2D eigenvalue weighted by Crippen LogP contribution is 2.29. The molecular weight excluding hydrogens is 425 g/mol. The molecule has 0 aliphatic carbocycles. The van der Waals surface area contributed by atoms with Crippen molar-refractivity contribution in [3.05, 3.63) is 58.6 Å². The summed E-state index contributed by atoms with van der Waals surface area (Å²) in [4.78, 5) is 11.7. The van der Waals surface area contributed by atoms with E-state index in [2.05, 4.69) is 26.0 Å². The van der Waals surface area contributed by atoms with E-state index in [1.807, 2.05) is 0 Å². The molecule has 1 amide bonds. The van der Waals surface area contributed by atoms with Gasteiger partial charge in [0, 0.05) is 10.2 Å². The van der Waals surface area contributed by atoms with Gasteiger partial charge in [-0.3, -0.25) is 4.79 Å². The van der Waals surface area contributed by atoms with Crippen molar-refractivity contribution in [1.29, 1.82) is 0 Å². The minimum absolute atomic E-state index is 0.0157. The first-order valence-electron chi connectivity index (χ1n) is 6.80. The van der Waals surface area contributed by atoms with Crippen LogP contribution in [-0.4, -0.2) is 20.9 Å². The Morgan fingerprint density at radius 3 is 2.08 bits per heavy atom. The molecule has 0 saturated heterocycles. The van der Waals surface area contributed by atoms with Crippen LogP contribution in [0.2, 0.25) is 0 Å². The quantitative estimate of drug-likeness (QED) is 0.754. The van der Waals surface area contributed by atoms with E-state index in [1.165, 1.54) is 24.3 Å². The summed E-state index contributed by atoms with van der Waals surface area (Å²) in [5.74, 6) is -0.708. The molecule has 0 aliphatic heterocycles. The van der Waals surface area contributed by atoms with Crippen LogP contribution in [0.5, 0.6) is 0 Å². The number of alkyl halides is 3. The van der Waals surface area contributed by atoms with Crippen LogP contribution >= 0.6 is 15.9 Å². The molecule has 0 atom stereocenters. The van der Waals surface area contributed by atoms with Gasteiger partial charge < -0.3 is 5.32 Å². The number of hydrogen-bond donors (Lipinski definition) is 2. The zero-order valence-corrected chi connectivity index (χ0v) is 14.9. The average molecular weight is 437 g/mol. The molecule has 2 aromatic rings. The second-order valence-electron chi connectivity index (χ2n) is 4.90. The molecule has 0 heterocycles. The molecule has 0 fully saturated rings. The summed E-state index contributed by atoms with van der Waals surface area (Å²) < 4.78 is 64.2. The fourth-order valence-corrected chi connectivity index (χ4v) is 3.05. The molecule has 2 N–H and O–H groups in total. The Kier molecular flexibility index (Phi) is 5.86. The van der Waals surface area contributed by atoms with E-state index in [-0.39, 0.29) is 10.6 Å². The van der Waals surface area contributed by atoms with Crippen LogP contribution in [0.3, 0.4) is 0 Å². The summed E-state index contributed by atoms with van der Waals surface area (Å²) in [6.45, 7) is -0.556. The van der Waals surface area contributed by atoms with Gasteiger partial charge in [0.2, 0.25) is 15.9 Å². The SMILES string of the molecule is O=C(CNS(=O)(=O)c1ccc(Br)cc1)Nc1ccc(C(F)(F)F)cc1. The van der Waals surface area contributed by atoms with Gasteiger partial charge >= 0.3 is 6.18 Å². The molecule has 134 valence electrons. The molecule has 2 aromatic carbocycles. The van der Waals surface area contributed by atoms with Crippen LogP contribution in [0.4, 0.5) is 18.9 Å². The molecule has 25 heavy (non-hydrogen) atoms. The lowest BCUT2D eigenvalue weighted by Gasteiger charge is -2.10. The van der Waals surface area contributed by atoms with Crippen LogP contribution < -0.4 is 10.0 Å². The second-order valence-corrected chi connectivity index (χ2v) is 7.58. The second kappa shape index (κ2) is 7.54. The largest absolute Gasteiger partial charge is 0.416 e. The topological polar surface area (TPSA) is 75.3 Å². The standard InChI is InChI=1S/C15H12BrF3N2O3S/c16-11-3-7-13(8-4-11)25(23,24)20-9-14(22)21-12-5-1-10(2-6-12)15(17,18)19/h1-8,20H,9H2,(H,21,22). The third kappa shape index (κ3) is 5.55.